The molecule has 13 heavy (non-hydrogen) atoms. The minimum atomic E-state index is -0.104. The number of fused-ring (bicyclic) bond motifs is 1. The minimum absolute atomic E-state index is 0.104. The third-order valence-electron chi connectivity index (χ3n) is 1.91. The predicted molar refractivity (Wildman–Crippen MR) is 51.5 cm³/mol. The highest BCUT2D eigenvalue weighted by Gasteiger charge is 2.27. The molecule has 0 saturated heterocycles. The molecule has 5 nitrogen and oxygen atoms in total. The summed E-state index contributed by atoms with van der Waals surface area (Å²) < 4.78 is 0. The molecule has 0 fully saturated rings. The molecule has 2 aliphatic heterocycles. The second-order valence-corrected chi connectivity index (χ2v) is 3.53. The molecular weight excluding hydrogens is 166 g/mol. The van der Waals surface area contributed by atoms with Gasteiger partial charge in [0.25, 0.3) is 0 Å². The second kappa shape index (κ2) is 3.16. The highest BCUT2D eigenvalue weighted by Crippen LogP contribution is 2.16. The smallest absolute Gasteiger partial charge is 0.186 e. The van der Waals surface area contributed by atoms with Crippen molar-refractivity contribution in [1.82, 2.24) is 0 Å². The van der Waals surface area contributed by atoms with E-state index in [1.54, 1.807) is 0 Å². The first-order valence-electron chi connectivity index (χ1n) is 4.34. The molecule has 5 heteroatoms. The lowest BCUT2D eigenvalue weighted by Crippen LogP contribution is -2.29. The van der Waals surface area contributed by atoms with Crippen LogP contribution < -0.4 is 0 Å². The minimum Gasteiger partial charge on any atom is -0.243 e. The normalized spacial score (nSPS) is 24.7. The first-order valence-corrected chi connectivity index (χ1v) is 4.34. The summed E-state index contributed by atoms with van der Waals surface area (Å²) in [5.74, 6) is 1.24. The van der Waals surface area contributed by atoms with Gasteiger partial charge in [0, 0.05) is 0 Å². The van der Waals surface area contributed by atoms with E-state index in [0.29, 0.717) is 11.8 Å². The van der Waals surface area contributed by atoms with Crippen LogP contribution in [0.1, 0.15) is 20.3 Å². The quantitative estimate of drug-likeness (QED) is 0.616. The molecule has 0 aromatic carbocycles. The van der Waals surface area contributed by atoms with Gasteiger partial charge in [0.2, 0.25) is 0 Å². The zero-order valence-electron chi connectivity index (χ0n) is 7.68. The summed E-state index contributed by atoms with van der Waals surface area (Å²) in [5.41, 5.74) is 1.02. The lowest BCUT2D eigenvalue weighted by molar-refractivity contribution is 0.675. The Bertz CT molecular complexity index is 323. The lowest BCUT2D eigenvalue weighted by atomic mass is 10.0. The van der Waals surface area contributed by atoms with Crippen LogP contribution in [0.25, 0.3) is 0 Å². The molecule has 0 saturated carbocycles. The first kappa shape index (κ1) is 8.22. The second-order valence-electron chi connectivity index (χ2n) is 3.53. The maximum absolute atomic E-state index is 4.20. The average molecular weight is 177 g/mol. The van der Waals surface area contributed by atoms with Gasteiger partial charge in [0.15, 0.2) is 11.9 Å². The van der Waals surface area contributed by atoms with E-state index in [1.807, 2.05) is 0 Å². The fraction of sp³-hybridized carbons (Fsp3) is 0.625. The van der Waals surface area contributed by atoms with Crippen molar-refractivity contribution in [2.75, 3.05) is 0 Å². The molecule has 0 amide bonds. The van der Waals surface area contributed by atoms with Crippen molar-refractivity contribution in [2.24, 2.45) is 31.3 Å². The number of hydrogen-bond acceptors (Lipinski definition) is 5. The third kappa shape index (κ3) is 1.54. The van der Waals surface area contributed by atoms with E-state index < -0.39 is 0 Å². The molecule has 68 valence electrons. The van der Waals surface area contributed by atoms with Gasteiger partial charge in [-0.25, -0.2) is 9.98 Å². The van der Waals surface area contributed by atoms with Gasteiger partial charge >= 0.3 is 0 Å². The van der Waals surface area contributed by atoms with Crippen molar-refractivity contribution in [3.8, 4) is 0 Å². The van der Waals surface area contributed by atoms with Crippen molar-refractivity contribution >= 4 is 17.9 Å². The highest BCUT2D eigenvalue weighted by molar-refractivity contribution is 6.17. The van der Waals surface area contributed by atoms with Crippen LogP contribution >= 0.6 is 0 Å². The van der Waals surface area contributed by atoms with Crippen LogP contribution in [-0.4, -0.2) is 23.9 Å². The predicted octanol–water partition coefficient (Wildman–Crippen LogP) is 1.66. The van der Waals surface area contributed by atoms with E-state index in [4.69, 9.17) is 0 Å². The number of hydrogen-bond donors (Lipinski definition) is 0. The summed E-state index contributed by atoms with van der Waals surface area (Å²) in [4.78, 5) is 8.20. The Hall–Kier alpha value is -1.39. The number of rotatable bonds is 2. The summed E-state index contributed by atoms with van der Waals surface area (Å²) in [6, 6.07) is -0.104. The molecular formula is C8H11N5. The highest BCUT2D eigenvalue weighted by atomic mass is 15.4. The maximum Gasteiger partial charge on any atom is 0.186 e. The average Bonchev–Trinajstić information content (AvgIpc) is 2.51. The van der Waals surface area contributed by atoms with E-state index in [2.05, 4.69) is 39.3 Å². The summed E-state index contributed by atoms with van der Waals surface area (Å²) in [6.07, 6.45) is 2.46. The zero-order chi connectivity index (χ0) is 9.26. The van der Waals surface area contributed by atoms with Crippen LogP contribution in [0, 0.1) is 5.92 Å². The van der Waals surface area contributed by atoms with E-state index in [-0.39, 0.29) is 6.04 Å². The van der Waals surface area contributed by atoms with Crippen LogP contribution in [0.3, 0.4) is 0 Å². The van der Waals surface area contributed by atoms with E-state index >= 15 is 0 Å². The van der Waals surface area contributed by atoms with Gasteiger partial charge in [0.05, 0.1) is 5.71 Å². The van der Waals surface area contributed by atoms with Crippen molar-refractivity contribution in [3.05, 3.63) is 0 Å². The van der Waals surface area contributed by atoms with Gasteiger partial charge in [-0.05, 0) is 17.6 Å². The monoisotopic (exact) mass is 177 g/mol. The lowest BCUT2D eigenvalue weighted by Gasteiger charge is -2.13. The number of nitrogens with zero attached hydrogens (tertiary/aromatic N) is 5. The third-order valence-corrected chi connectivity index (χ3v) is 1.91. The summed E-state index contributed by atoms with van der Waals surface area (Å²) in [6.45, 7) is 4.30. The van der Waals surface area contributed by atoms with Gasteiger partial charge < -0.3 is 0 Å². The van der Waals surface area contributed by atoms with Crippen molar-refractivity contribution in [2.45, 2.75) is 26.3 Å². The van der Waals surface area contributed by atoms with Crippen LogP contribution in [0.5, 0.6) is 0 Å². The molecule has 2 aliphatic rings. The molecule has 1 unspecified atom stereocenters. The number of aliphatic imine (C=N–C) groups is 2. The van der Waals surface area contributed by atoms with Gasteiger partial charge in [-0.3, -0.25) is 0 Å². The Morgan fingerprint density at radius 2 is 2.31 bits per heavy atom. The van der Waals surface area contributed by atoms with Crippen molar-refractivity contribution in [3.63, 3.8) is 0 Å². The van der Waals surface area contributed by atoms with Crippen molar-refractivity contribution < 1.29 is 0 Å². The molecule has 0 aromatic heterocycles. The first-order chi connectivity index (χ1) is 6.27. The van der Waals surface area contributed by atoms with Gasteiger partial charge in [-0.1, -0.05) is 13.8 Å². The number of amidine groups is 1. The topological polar surface area (TPSA) is 61.8 Å². The molecule has 0 spiro atoms. The van der Waals surface area contributed by atoms with Crippen LogP contribution in [0.4, 0.5) is 0 Å². The summed E-state index contributed by atoms with van der Waals surface area (Å²) in [5, 5.41) is 11.4. The Labute approximate surface area is 76.4 Å². The summed E-state index contributed by atoms with van der Waals surface area (Å²) >= 11 is 0. The maximum atomic E-state index is 4.20. The largest absolute Gasteiger partial charge is 0.243 e. The molecule has 0 radical (unpaired) electrons. The molecule has 2 heterocycles. The molecule has 2 rings (SSSR count). The Morgan fingerprint density at radius 1 is 1.46 bits per heavy atom. The Morgan fingerprint density at radius 3 is 3.08 bits per heavy atom. The zero-order valence-corrected chi connectivity index (χ0v) is 7.68. The van der Waals surface area contributed by atoms with Crippen LogP contribution in [0.2, 0.25) is 0 Å². The van der Waals surface area contributed by atoms with Crippen molar-refractivity contribution in [1.29, 1.82) is 0 Å². The Balaban J connectivity index is 2.19. The Kier molecular flexibility index (Phi) is 2.00. The van der Waals surface area contributed by atoms with E-state index in [0.717, 1.165) is 12.1 Å². The van der Waals surface area contributed by atoms with Gasteiger partial charge in [0.1, 0.15) is 6.34 Å². The molecule has 0 aromatic rings. The van der Waals surface area contributed by atoms with E-state index in [1.165, 1.54) is 6.34 Å². The SMILES string of the molecule is CC(C)CC1=NC=NC2=NN=NC12. The molecule has 0 bridgehead atoms. The van der Waals surface area contributed by atoms with E-state index in [9.17, 15) is 0 Å². The standard InChI is InChI=1S/C8H11N5/c1-5(2)3-6-7-8(10-4-9-6)12-13-11-7/h4-5,7H,3H2,1-2H3. The van der Waals surface area contributed by atoms with Crippen LogP contribution in [0.15, 0.2) is 25.4 Å². The van der Waals surface area contributed by atoms with Gasteiger partial charge in [-0.15, -0.1) is 5.10 Å². The summed E-state index contributed by atoms with van der Waals surface area (Å²) in [7, 11) is 0. The van der Waals surface area contributed by atoms with Crippen LogP contribution in [-0.2, 0) is 0 Å². The molecule has 0 aliphatic carbocycles. The molecule has 1 atom stereocenters. The fourth-order valence-electron chi connectivity index (χ4n) is 1.36. The van der Waals surface area contributed by atoms with Gasteiger partial charge in [-0.2, -0.15) is 5.11 Å². The molecule has 0 N–H and O–H groups in total. The fourth-order valence-corrected chi connectivity index (χ4v) is 1.36.